The fraction of sp³-hybridized carbons (Fsp3) is 0.412. The minimum Gasteiger partial charge on any atom is -0.490 e. The molecule has 120 valence electrons. The molecule has 0 atom stereocenters. The van der Waals surface area contributed by atoms with E-state index in [1.807, 2.05) is 19.1 Å². The first-order valence-corrected chi connectivity index (χ1v) is 8.37. The second-order valence-corrected chi connectivity index (χ2v) is 6.27. The van der Waals surface area contributed by atoms with Crippen LogP contribution in [-0.2, 0) is 13.2 Å². The second-order valence-electron chi connectivity index (χ2n) is 5.24. The van der Waals surface area contributed by atoms with E-state index in [9.17, 15) is 0 Å². The van der Waals surface area contributed by atoms with Crippen LogP contribution in [0.15, 0.2) is 35.7 Å². The topological polar surface area (TPSA) is 30.5 Å². The van der Waals surface area contributed by atoms with Gasteiger partial charge in [0.1, 0.15) is 6.61 Å². The van der Waals surface area contributed by atoms with Crippen LogP contribution in [0, 0.1) is 0 Å². The molecule has 5 heteroatoms. The van der Waals surface area contributed by atoms with E-state index in [0.29, 0.717) is 13.2 Å². The minimum atomic E-state index is 0. The van der Waals surface area contributed by atoms with E-state index >= 15 is 0 Å². The van der Waals surface area contributed by atoms with Crippen LogP contribution in [0.5, 0.6) is 11.5 Å². The van der Waals surface area contributed by atoms with E-state index < -0.39 is 0 Å². The Labute approximate surface area is 142 Å². The Kier molecular flexibility index (Phi) is 6.55. The van der Waals surface area contributed by atoms with Gasteiger partial charge in [0.05, 0.1) is 6.61 Å². The largest absolute Gasteiger partial charge is 0.490 e. The van der Waals surface area contributed by atoms with Crippen LogP contribution in [-0.4, -0.2) is 12.6 Å². The number of hydrogen-bond donors (Lipinski definition) is 1. The maximum Gasteiger partial charge on any atom is 0.161 e. The molecular formula is C17H22ClNO2S. The third-order valence-corrected chi connectivity index (χ3v) is 4.28. The van der Waals surface area contributed by atoms with Gasteiger partial charge in [0, 0.05) is 17.5 Å². The molecule has 0 spiro atoms. The number of benzene rings is 1. The lowest BCUT2D eigenvalue weighted by molar-refractivity contribution is 0.271. The third-order valence-electron chi connectivity index (χ3n) is 3.43. The van der Waals surface area contributed by atoms with E-state index in [2.05, 4.69) is 28.9 Å². The van der Waals surface area contributed by atoms with Crippen molar-refractivity contribution in [2.24, 2.45) is 0 Å². The van der Waals surface area contributed by atoms with Crippen LogP contribution in [0.4, 0.5) is 0 Å². The van der Waals surface area contributed by atoms with Gasteiger partial charge in [-0.1, -0.05) is 12.1 Å². The standard InChI is InChI=1S/C17H21NO2S.ClH/c1-2-19-17-10-13(11-18-14-6-7-14)5-8-16(17)20-12-15-4-3-9-21-15;/h3-5,8-10,14,18H,2,6-7,11-12H2,1H3;1H. The van der Waals surface area contributed by atoms with E-state index in [-0.39, 0.29) is 12.4 Å². The molecule has 1 aliphatic rings. The summed E-state index contributed by atoms with van der Waals surface area (Å²) in [6, 6.07) is 11.1. The Bertz CT molecular complexity index is 570. The molecule has 0 bridgehead atoms. The Balaban J connectivity index is 0.00000176. The van der Waals surface area contributed by atoms with Crippen LogP contribution in [0.2, 0.25) is 0 Å². The summed E-state index contributed by atoms with van der Waals surface area (Å²) in [4.78, 5) is 1.22. The van der Waals surface area contributed by atoms with E-state index in [1.165, 1.54) is 23.3 Å². The monoisotopic (exact) mass is 339 g/mol. The Morgan fingerprint density at radius 2 is 2.05 bits per heavy atom. The molecule has 0 saturated heterocycles. The van der Waals surface area contributed by atoms with Gasteiger partial charge in [-0.05, 0) is 48.9 Å². The fourth-order valence-corrected chi connectivity index (χ4v) is 2.76. The van der Waals surface area contributed by atoms with Gasteiger partial charge in [0.2, 0.25) is 0 Å². The molecule has 1 N–H and O–H groups in total. The molecule has 3 nitrogen and oxygen atoms in total. The van der Waals surface area contributed by atoms with Crippen molar-refractivity contribution in [2.75, 3.05) is 6.61 Å². The molecule has 0 unspecified atom stereocenters. The number of halogens is 1. The van der Waals surface area contributed by atoms with Crippen LogP contribution in [0.3, 0.4) is 0 Å². The lowest BCUT2D eigenvalue weighted by Gasteiger charge is -2.13. The Morgan fingerprint density at radius 3 is 2.73 bits per heavy atom. The number of ether oxygens (including phenoxy) is 2. The third kappa shape index (κ3) is 4.90. The van der Waals surface area contributed by atoms with Crippen molar-refractivity contribution in [3.05, 3.63) is 46.2 Å². The molecule has 1 aromatic heterocycles. The zero-order valence-corrected chi connectivity index (χ0v) is 14.3. The molecular weight excluding hydrogens is 318 g/mol. The van der Waals surface area contributed by atoms with Crippen molar-refractivity contribution in [3.63, 3.8) is 0 Å². The van der Waals surface area contributed by atoms with Gasteiger partial charge >= 0.3 is 0 Å². The second kappa shape index (κ2) is 8.42. The van der Waals surface area contributed by atoms with E-state index in [0.717, 1.165) is 24.1 Å². The van der Waals surface area contributed by atoms with Crippen molar-refractivity contribution in [3.8, 4) is 11.5 Å². The van der Waals surface area contributed by atoms with Crippen molar-refractivity contribution in [1.29, 1.82) is 0 Å². The summed E-state index contributed by atoms with van der Waals surface area (Å²) in [6.45, 7) is 4.14. The van der Waals surface area contributed by atoms with Gasteiger partial charge in [-0.15, -0.1) is 23.7 Å². The summed E-state index contributed by atoms with van der Waals surface area (Å²) in [5.74, 6) is 1.66. The first kappa shape index (κ1) is 17.1. The van der Waals surface area contributed by atoms with Crippen LogP contribution >= 0.6 is 23.7 Å². The first-order chi connectivity index (χ1) is 10.3. The molecule has 0 aliphatic heterocycles. The summed E-state index contributed by atoms with van der Waals surface area (Å²) in [5.41, 5.74) is 1.24. The number of hydrogen-bond acceptors (Lipinski definition) is 4. The highest BCUT2D eigenvalue weighted by Gasteiger charge is 2.20. The van der Waals surface area contributed by atoms with Crippen LogP contribution < -0.4 is 14.8 Å². The summed E-state index contributed by atoms with van der Waals surface area (Å²) >= 11 is 1.71. The number of rotatable bonds is 8. The maximum atomic E-state index is 5.89. The Morgan fingerprint density at radius 1 is 1.18 bits per heavy atom. The molecule has 1 heterocycles. The molecule has 0 amide bonds. The quantitative estimate of drug-likeness (QED) is 0.773. The lowest BCUT2D eigenvalue weighted by atomic mass is 10.2. The molecule has 1 saturated carbocycles. The van der Waals surface area contributed by atoms with Gasteiger partial charge in [-0.3, -0.25) is 0 Å². The highest BCUT2D eigenvalue weighted by atomic mass is 35.5. The SMILES string of the molecule is CCOc1cc(CNC2CC2)ccc1OCc1cccs1.Cl. The lowest BCUT2D eigenvalue weighted by Crippen LogP contribution is -2.15. The summed E-state index contributed by atoms with van der Waals surface area (Å²) in [5, 5.41) is 5.59. The van der Waals surface area contributed by atoms with Gasteiger partial charge in [-0.2, -0.15) is 0 Å². The predicted molar refractivity (Wildman–Crippen MR) is 93.4 cm³/mol. The van der Waals surface area contributed by atoms with Crippen molar-refractivity contribution in [2.45, 2.75) is 39.0 Å². The zero-order valence-electron chi connectivity index (χ0n) is 12.7. The average molecular weight is 340 g/mol. The van der Waals surface area contributed by atoms with E-state index in [4.69, 9.17) is 9.47 Å². The molecule has 1 aliphatic carbocycles. The number of nitrogens with one attached hydrogen (secondary N) is 1. The van der Waals surface area contributed by atoms with Crippen molar-refractivity contribution < 1.29 is 9.47 Å². The predicted octanol–water partition coefficient (Wildman–Crippen LogP) is 4.40. The highest BCUT2D eigenvalue weighted by molar-refractivity contribution is 7.09. The minimum absolute atomic E-state index is 0. The van der Waals surface area contributed by atoms with Crippen LogP contribution in [0.25, 0.3) is 0 Å². The molecule has 22 heavy (non-hydrogen) atoms. The highest BCUT2D eigenvalue weighted by Crippen LogP contribution is 2.30. The maximum absolute atomic E-state index is 5.89. The molecule has 1 aromatic carbocycles. The smallest absolute Gasteiger partial charge is 0.161 e. The molecule has 1 fully saturated rings. The van der Waals surface area contributed by atoms with Crippen LogP contribution in [0.1, 0.15) is 30.2 Å². The normalized spacial score (nSPS) is 13.5. The van der Waals surface area contributed by atoms with Crippen molar-refractivity contribution >= 4 is 23.7 Å². The van der Waals surface area contributed by atoms with Gasteiger partial charge in [0.15, 0.2) is 11.5 Å². The molecule has 3 rings (SSSR count). The fourth-order valence-electron chi connectivity index (χ4n) is 2.14. The number of thiophene rings is 1. The molecule has 2 aromatic rings. The zero-order chi connectivity index (χ0) is 14.5. The summed E-state index contributed by atoms with van der Waals surface area (Å²) < 4.78 is 11.6. The molecule has 0 radical (unpaired) electrons. The first-order valence-electron chi connectivity index (χ1n) is 7.49. The van der Waals surface area contributed by atoms with E-state index in [1.54, 1.807) is 11.3 Å². The van der Waals surface area contributed by atoms with Gasteiger partial charge < -0.3 is 14.8 Å². The summed E-state index contributed by atoms with van der Waals surface area (Å²) in [6.07, 6.45) is 2.61. The Hall–Kier alpha value is -1.23. The van der Waals surface area contributed by atoms with Crippen molar-refractivity contribution in [1.82, 2.24) is 5.32 Å². The average Bonchev–Trinajstić information content (AvgIpc) is 3.18. The van der Waals surface area contributed by atoms with Gasteiger partial charge in [0.25, 0.3) is 0 Å². The summed E-state index contributed by atoms with van der Waals surface area (Å²) in [7, 11) is 0. The van der Waals surface area contributed by atoms with Gasteiger partial charge in [-0.25, -0.2) is 0 Å².